The third-order valence-corrected chi connectivity index (χ3v) is 3.21. The topological polar surface area (TPSA) is 56.3 Å². The number of rotatable bonds is 1. The summed E-state index contributed by atoms with van der Waals surface area (Å²) in [7, 11) is 0. The summed E-state index contributed by atoms with van der Waals surface area (Å²) in [5, 5.41) is 1.90. The Balaban J connectivity index is 0.00000200. The minimum atomic E-state index is -0.629. The molecule has 2 rings (SSSR count). The van der Waals surface area contributed by atoms with Gasteiger partial charge in [0, 0.05) is 10.8 Å². The molecule has 20 heavy (non-hydrogen) atoms. The van der Waals surface area contributed by atoms with Crippen LogP contribution in [0.1, 0.15) is 36.7 Å². The zero-order valence-corrected chi connectivity index (χ0v) is 15.3. The van der Waals surface area contributed by atoms with Gasteiger partial charge >= 0.3 is 38.7 Å². The van der Waals surface area contributed by atoms with Crippen LogP contribution in [0, 0.1) is 6.92 Å². The van der Waals surface area contributed by atoms with E-state index in [2.05, 4.69) is 11.9 Å². The second-order valence-corrected chi connectivity index (χ2v) is 6.03. The van der Waals surface area contributed by atoms with Crippen molar-refractivity contribution < 1.29 is 42.2 Å². The van der Waals surface area contributed by atoms with Crippen LogP contribution >= 0.6 is 11.3 Å². The van der Waals surface area contributed by atoms with Gasteiger partial charge in [-0.05, 0) is 20.8 Å². The van der Waals surface area contributed by atoms with Crippen LogP contribution in [0.5, 0.6) is 0 Å². The van der Waals surface area contributed by atoms with E-state index in [-0.39, 0.29) is 43.7 Å². The van der Waals surface area contributed by atoms with Crippen LogP contribution in [0.4, 0.5) is 0 Å². The smallest absolute Gasteiger partial charge is 0.456 e. The summed E-state index contributed by atoms with van der Waals surface area (Å²) >= 11 is 1.24. The molecule has 0 N–H and O–H groups in total. The Bertz CT molecular complexity index is 704. The summed E-state index contributed by atoms with van der Waals surface area (Å²) in [5.74, 6) is -0.606. The van der Waals surface area contributed by atoms with E-state index >= 15 is 0 Å². The molecule has 6 heteroatoms. The van der Waals surface area contributed by atoms with Gasteiger partial charge in [0.05, 0.1) is 0 Å². The van der Waals surface area contributed by atoms with E-state index in [4.69, 9.17) is 4.74 Å². The van der Waals surface area contributed by atoms with Crippen molar-refractivity contribution in [2.75, 3.05) is 0 Å². The van der Waals surface area contributed by atoms with E-state index in [9.17, 15) is 9.59 Å². The Hall–Kier alpha value is -0.776. The zero-order chi connectivity index (χ0) is 14.2. The molecule has 2 aromatic rings. The molecule has 100 valence electrons. The molecule has 2 heterocycles. The van der Waals surface area contributed by atoms with Crippen molar-refractivity contribution in [3.63, 3.8) is 0 Å². The molecule has 0 atom stereocenters. The fourth-order valence-corrected chi connectivity index (χ4v) is 2.36. The molecule has 0 fully saturated rings. The molecule has 0 radical (unpaired) electrons. The predicted octanol–water partition coefficient (Wildman–Crippen LogP) is 2.79. The summed E-state index contributed by atoms with van der Waals surface area (Å²) in [6, 6.07) is 1.63. The van der Waals surface area contributed by atoms with E-state index in [0.29, 0.717) is 15.8 Å². The average molecular weight is 365 g/mol. The molecule has 0 unspecified atom stereocenters. The van der Waals surface area contributed by atoms with E-state index < -0.39 is 11.6 Å². The van der Waals surface area contributed by atoms with Gasteiger partial charge in [0.15, 0.2) is 5.43 Å². The van der Waals surface area contributed by atoms with Gasteiger partial charge in [-0.3, -0.25) is 4.79 Å². The van der Waals surface area contributed by atoms with Crippen molar-refractivity contribution in [1.29, 1.82) is 0 Å². The monoisotopic (exact) mass is 365 g/mol. The van der Waals surface area contributed by atoms with Crippen LogP contribution in [0.2, 0.25) is 0 Å². The fourth-order valence-electron chi connectivity index (χ4n) is 1.54. The molecule has 0 aliphatic rings. The Labute approximate surface area is 146 Å². The van der Waals surface area contributed by atoms with Crippen molar-refractivity contribution in [3.8, 4) is 0 Å². The molecule has 0 saturated carbocycles. The van der Waals surface area contributed by atoms with Crippen LogP contribution < -0.4 is 5.43 Å². The van der Waals surface area contributed by atoms with Gasteiger partial charge in [-0.25, -0.2) is 4.79 Å². The molecule has 2 aromatic heterocycles. The summed E-state index contributed by atoms with van der Waals surface area (Å²) < 4.78 is 5.22. The van der Waals surface area contributed by atoms with E-state index in [1.807, 2.05) is 0 Å². The number of carbonyl (C=O) groups excluding carboxylic acids is 1. The molecule has 0 spiro atoms. The zero-order valence-electron chi connectivity index (χ0n) is 11.6. The molecule has 0 aromatic carbocycles. The van der Waals surface area contributed by atoms with Crippen LogP contribution in [-0.2, 0) is 37.4 Å². The Morgan fingerprint density at radius 3 is 2.65 bits per heavy atom. The van der Waals surface area contributed by atoms with E-state index in [1.54, 1.807) is 33.0 Å². The fraction of sp³-hybridized carbons (Fsp3) is 0.286. The predicted molar refractivity (Wildman–Crippen MR) is 75.5 cm³/mol. The molecule has 4 nitrogen and oxygen atoms in total. The van der Waals surface area contributed by atoms with Crippen molar-refractivity contribution >= 4 is 27.5 Å². The number of ether oxygens (including phenoxy) is 1. The van der Waals surface area contributed by atoms with Gasteiger partial charge < -0.3 is 9.72 Å². The first-order chi connectivity index (χ1) is 8.78. The second kappa shape index (κ2) is 6.33. The normalized spacial score (nSPS) is 10.9. The molecule has 0 bridgehead atoms. The number of nitrogens with zero attached hydrogens (tertiary/aromatic N) is 1. The summed E-state index contributed by atoms with van der Waals surface area (Å²) in [4.78, 5) is 28.9. The van der Waals surface area contributed by atoms with Gasteiger partial charge in [-0.2, -0.15) is 12.5 Å². The third-order valence-electron chi connectivity index (χ3n) is 2.30. The molecule has 0 aliphatic heterocycles. The number of fused-ring (bicyclic) bond motifs is 1. The number of hydrogen-bond acceptors (Lipinski definition) is 5. The summed E-state index contributed by atoms with van der Waals surface area (Å²) in [6.07, 6.45) is 1.59. The van der Waals surface area contributed by atoms with Gasteiger partial charge in [-0.15, -0.1) is 17.4 Å². The van der Waals surface area contributed by atoms with E-state index in [1.165, 1.54) is 16.7 Å². The number of carbonyl (C=O) groups is 1. The first-order valence-corrected chi connectivity index (χ1v) is 6.63. The Morgan fingerprint density at radius 2 is 2.05 bits per heavy atom. The van der Waals surface area contributed by atoms with Gasteiger partial charge in [0.2, 0.25) is 0 Å². The van der Waals surface area contributed by atoms with Crippen molar-refractivity contribution in [1.82, 2.24) is 4.98 Å². The molecular weight excluding hydrogens is 351 g/mol. The van der Waals surface area contributed by atoms with Gasteiger partial charge in [-0.1, -0.05) is 6.20 Å². The summed E-state index contributed by atoms with van der Waals surface area (Å²) in [5.41, 5.74) is -0.311. The van der Waals surface area contributed by atoms with Crippen molar-refractivity contribution in [2.45, 2.75) is 26.4 Å². The van der Waals surface area contributed by atoms with Crippen molar-refractivity contribution in [3.05, 3.63) is 45.9 Å². The average Bonchev–Trinajstić information content (AvgIpc) is 2.28. The minimum Gasteiger partial charge on any atom is -0.456 e. The third kappa shape index (κ3) is 3.87. The molecule has 0 saturated heterocycles. The maximum absolute atomic E-state index is 12.2. The molecule has 0 aliphatic carbocycles. The maximum Gasteiger partial charge on any atom is 3.00 e. The maximum atomic E-state index is 12.2. The minimum absolute atomic E-state index is 0. The van der Waals surface area contributed by atoms with Crippen LogP contribution in [0.3, 0.4) is 0 Å². The molecule has 0 amide bonds. The number of pyridine rings is 1. The quantitative estimate of drug-likeness (QED) is 0.576. The Morgan fingerprint density at radius 1 is 1.40 bits per heavy atom. The number of hydrogen-bond donors (Lipinski definition) is 0. The second-order valence-electron chi connectivity index (χ2n) is 5.18. The SMILES string of the molecule is [CH2-]c1cnc2scc(C(=O)OC(C)(C)C)c(=O)c2c1.[Y+3]. The van der Waals surface area contributed by atoms with Gasteiger partial charge in [0.25, 0.3) is 0 Å². The number of esters is 1. The van der Waals surface area contributed by atoms with Crippen LogP contribution in [0.15, 0.2) is 22.4 Å². The molecular formula is C14H14NO3SY+2. The number of aromatic nitrogens is 1. The van der Waals surface area contributed by atoms with E-state index in [0.717, 1.165) is 0 Å². The first-order valence-electron chi connectivity index (χ1n) is 5.75. The summed E-state index contributed by atoms with van der Waals surface area (Å²) in [6.45, 7) is 9.01. The van der Waals surface area contributed by atoms with Gasteiger partial charge in [0.1, 0.15) is 16.0 Å². The van der Waals surface area contributed by atoms with Crippen LogP contribution in [0.25, 0.3) is 10.2 Å². The largest absolute Gasteiger partial charge is 3.00 e. The van der Waals surface area contributed by atoms with Crippen LogP contribution in [-0.4, -0.2) is 16.6 Å². The first kappa shape index (κ1) is 17.3. The standard InChI is InChI=1S/C14H14NO3S.Y/c1-8-5-9-11(16)10(7-19-12(9)15-6-8)13(17)18-14(2,3)4;/h5-7H,1H2,2-4H3;/q-1;+3. The Kier molecular flexibility index (Phi) is 5.47. The van der Waals surface area contributed by atoms with Crippen molar-refractivity contribution in [2.24, 2.45) is 0 Å².